The molecule has 3 nitrogen and oxygen atoms in total. The normalized spacial score (nSPS) is 18.5. The Bertz CT molecular complexity index is 408. The molecule has 5 heteroatoms. The van der Waals surface area contributed by atoms with Crippen LogP contribution >= 0.6 is 27.5 Å². The number of halogens is 2. The minimum atomic E-state index is 0.0486. The van der Waals surface area contributed by atoms with E-state index < -0.39 is 0 Å². The highest BCUT2D eigenvalue weighted by Crippen LogP contribution is 2.37. The van der Waals surface area contributed by atoms with Crippen molar-refractivity contribution in [2.75, 3.05) is 19.6 Å². The van der Waals surface area contributed by atoms with Crippen molar-refractivity contribution in [3.8, 4) is 5.75 Å². The van der Waals surface area contributed by atoms with Crippen LogP contribution in [0.3, 0.4) is 0 Å². The molecule has 0 bridgehead atoms. The molecule has 2 rings (SSSR count). The van der Waals surface area contributed by atoms with Gasteiger partial charge in [-0.2, -0.15) is 0 Å². The van der Waals surface area contributed by atoms with Gasteiger partial charge in [-0.05, 0) is 54.0 Å². The van der Waals surface area contributed by atoms with Gasteiger partial charge in [0.15, 0.2) is 0 Å². The first-order valence-corrected chi connectivity index (χ1v) is 6.92. The molecule has 1 saturated heterocycles. The molecule has 1 unspecified atom stereocenters. The molecule has 1 fully saturated rings. The maximum absolute atomic E-state index is 10.1. The van der Waals surface area contributed by atoms with Gasteiger partial charge in [0, 0.05) is 17.1 Å². The second-order valence-electron chi connectivity index (χ2n) is 4.32. The molecule has 0 spiro atoms. The number of rotatable bonds is 3. The van der Waals surface area contributed by atoms with Gasteiger partial charge in [0.05, 0.1) is 10.5 Å². The highest BCUT2D eigenvalue weighted by molar-refractivity contribution is 9.10. The van der Waals surface area contributed by atoms with Gasteiger partial charge in [0.1, 0.15) is 5.75 Å². The van der Waals surface area contributed by atoms with Crippen LogP contribution in [0.5, 0.6) is 5.75 Å². The van der Waals surface area contributed by atoms with Crippen molar-refractivity contribution in [2.45, 2.75) is 18.9 Å². The summed E-state index contributed by atoms with van der Waals surface area (Å²) in [6.45, 7) is 2.55. The summed E-state index contributed by atoms with van der Waals surface area (Å²) in [5.74, 6) is 0.247. The molecule has 0 saturated carbocycles. The molecular weight excluding hydrogens is 304 g/mol. The maximum atomic E-state index is 10.1. The summed E-state index contributed by atoms with van der Waals surface area (Å²) < 4.78 is 0.623. The fraction of sp³-hybridized carbons (Fsp3) is 0.500. The first-order chi connectivity index (χ1) is 8.13. The average Bonchev–Trinajstić information content (AvgIpc) is 2.79. The van der Waals surface area contributed by atoms with Gasteiger partial charge in [-0.15, -0.1) is 0 Å². The summed E-state index contributed by atoms with van der Waals surface area (Å²) in [6, 6.07) is 3.54. The van der Waals surface area contributed by atoms with Crippen LogP contribution in [0.1, 0.15) is 24.4 Å². The molecule has 0 aliphatic carbocycles. The van der Waals surface area contributed by atoms with Gasteiger partial charge < -0.3 is 10.8 Å². The van der Waals surface area contributed by atoms with Crippen LogP contribution in [0.25, 0.3) is 0 Å². The number of hydrogen-bond acceptors (Lipinski definition) is 3. The Labute approximate surface area is 115 Å². The van der Waals surface area contributed by atoms with Crippen LogP contribution in [0, 0.1) is 0 Å². The Balaban J connectivity index is 2.35. The Morgan fingerprint density at radius 2 is 2.06 bits per heavy atom. The predicted octanol–water partition coefficient (Wildman–Crippen LogP) is 2.90. The largest absolute Gasteiger partial charge is 0.506 e. The van der Waals surface area contributed by atoms with E-state index in [1.807, 2.05) is 0 Å². The highest BCUT2D eigenvalue weighted by Gasteiger charge is 2.25. The number of nitrogens with zero attached hydrogens (tertiary/aromatic N) is 1. The standard InChI is InChI=1S/C12H16BrClN2O/c13-10-6-8(14)5-9(12(10)17)11(7-15)16-3-1-2-4-16/h5-6,11,17H,1-4,7,15H2. The molecule has 94 valence electrons. The summed E-state index contributed by atoms with van der Waals surface area (Å²) in [5.41, 5.74) is 6.66. The molecule has 1 aliphatic heterocycles. The van der Waals surface area contributed by atoms with Crippen molar-refractivity contribution in [3.05, 3.63) is 27.2 Å². The van der Waals surface area contributed by atoms with E-state index in [0.29, 0.717) is 16.0 Å². The number of aromatic hydroxyl groups is 1. The molecule has 17 heavy (non-hydrogen) atoms. The third kappa shape index (κ3) is 2.76. The predicted molar refractivity (Wildman–Crippen MR) is 73.4 cm³/mol. The van der Waals surface area contributed by atoms with E-state index in [0.717, 1.165) is 18.7 Å². The zero-order valence-electron chi connectivity index (χ0n) is 9.50. The second kappa shape index (κ2) is 5.57. The number of benzene rings is 1. The number of nitrogens with two attached hydrogens (primary N) is 1. The lowest BCUT2D eigenvalue weighted by Crippen LogP contribution is -2.31. The van der Waals surface area contributed by atoms with Crippen molar-refractivity contribution < 1.29 is 5.11 Å². The summed E-state index contributed by atoms with van der Waals surface area (Å²) in [6.07, 6.45) is 2.39. The third-order valence-electron chi connectivity index (χ3n) is 3.22. The van der Waals surface area contributed by atoms with E-state index in [2.05, 4.69) is 20.8 Å². The lowest BCUT2D eigenvalue weighted by atomic mass is 10.0. The fourth-order valence-corrected chi connectivity index (χ4v) is 3.20. The van der Waals surface area contributed by atoms with E-state index in [1.165, 1.54) is 12.8 Å². The Hall–Kier alpha value is -0.290. The summed E-state index contributed by atoms with van der Waals surface area (Å²) in [4.78, 5) is 2.30. The van der Waals surface area contributed by atoms with Gasteiger partial charge in [-0.1, -0.05) is 11.6 Å². The van der Waals surface area contributed by atoms with Crippen molar-refractivity contribution in [1.82, 2.24) is 4.90 Å². The molecule has 3 N–H and O–H groups in total. The minimum absolute atomic E-state index is 0.0486. The smallest absolute Gasteiger partial charge is 0.134 e. The van der Waals surface area contributed by atoms with Crippen LogP contribution in [-0.4, -0.2) is 29.6 Å². The molecule has 1 heterocycles. The molecule has 1 aromatic rings. The molecule has 1 aromatic carbocycles. The number of phenolic OH excluding ortho intramolecular Hbond substituents is 1. The van der Waals surface area contributed by atoms with E-state index >= 15 is 0 Å². The number of phenols is 1. The van der Waals surface area contributed by atoms with Crippen LogP contribution in [-0.2, 0) is 0 Å². The average molecular weight is 320 g/mol. The highest BCUT2D eigenvalue weighted by atomic mass is 79.9. The summed E-state index contributed by atoms with van der Waals surface area (Å²) in [5, 5.41) is 10.7. The minimum Gasteiger partial charge on any atom is -0.506 e. The lowest BCUT2D eigenvalue weighted by Gasteiger charge is -2.27. The number of hydrogen-bond donors (Lipinski definition) is 2. The first-order valence-electron chi connectivity index (χ1n) is 5.75. The van der Waals surface area contributed by atoms with Crippen molar-refractivity contribution in [1.29, 1.82) is 0 Å². The summed E-state index contributed by atoms with van der Waals surface area (Å²) in [7, 11) is 0. The van der Waals surface area contributed by atoms with Crippen LogP contribution in [0.15, 0.2) is 16.6 Å². The molecule has 0 aromatic heterocycles. The quantitative estimate of drug-likeness (QED) is 0.900. The Morgan fingerprint density at radius 1 is 1.41 bits per heavy atom. The number of likely N-dealkylation sites (tertiary alicyclic amines) is 1. The topological polar surface area (TPSA) is 49.5 Å². The van der Waals surface area contributed by atoms with Crippen molar-refractivity contribution in [2.24, 2.45) is 5.73 Å². The van der Waals surface area contributed by atoms with Gasteiger partial charge in [0.2, 0.25) is 0 Å². The van der Waals surface area contributed by atoms with Gasteiger partial charge in [-0.3, -0.25) is 4.90 Å². The van der Waals surface area contributed by atoms with Gasteiger partial charge >= 0.3 is 0 Å². The second-order valence-corrected chi connectivity index (χ2v) is 5.61. The molecular formula is C12H16BrClN2O. The van der Waals surface area contributed by atoms with E-state index in [-0.39, 0.29) is 11.8 Å². The zero-order chi connectivity index (χ0) is 12.4. The van der Waals surface area contributed by atoms with Crippen LogP contribution in [0.4, 0.5) is 0 Å². The lowest BCUT2D eigenvalue weighted by molar-refractivity contribution is 0.246. The van der Waals surface area contributed by atoms with Gasteiger partial charge in [-0.25, -0.2) is 0 Å². The van der Waals surface area contributed by atoms with Crippen LogP contribution in [0.2, 0.25) is 5.02 Å². The monoisotopic (exact) mass is 318 g/mol. The first kappa shape index (κ1) is 13.1. The van der Waals surface area contributed by atoms with E-state index in [4.69, 9.17) is 17.3 Å². The SMILES string of the molecule is NCC(c1cc(Cl)cc(Br)c1O)N1CCCC1. The van der Waals surface area contributed by atoms with E-state index in [1.54, 1.807) is 12.1 Å². The molecule has 0 radical (unpaired) electrons. The molecule has 1 aliphatic rings. The fourth-order valence-electron chi connectivity index (χ4n) is 2.37. The van der Waals surface area contributed by atoms with E-state index in [9.17, 15) is 5.11 Å². The Kier molecular flexibility index (Phi) is 4.31. The van der Waals surface area contributed by atoms with Crippen molar-refractivity contribution >= 4 is 27.5 Å². The third-order valence-corrected chi connectivity index (χ3v) is 4.04. The summed E-state index contributed by atoms with van der Waals surface area (Å²) >= 11 is 9.34. The van der Waals surface area contributed by atoms with Gasteiger partial charge in [0.25, 0.3) is 0 Å². The zero-order valence-corrected chi connectivity index (χ0v) is 11.8. The molecule has 0 amide bonds. The Morgan fingerprint density at radius 3 is 2.65 bits per heavy atom. The molecule has 1 atom stereocenters. The maximum Gasteiger partial charge on any atom is 0.134 e. The van der Waals surface area contributed by atoms with Crippen LogP contribution < -0.4 is 5.73 Å². The van der Waals surface area contributed by atoms with Crippen molar-refractivity contribution in [3.63, 3.8) is 0 Å².